The largest absolute Gasteiger partial charge is 0.508 e. The van der Waals surface area contributed by atoms with Gasteiger partial charge in [-0.2, -0.15) is 26.3 Å². The van der Waals surface area contributed by atoms with Crippen LogP contribution < -0.4 is 4.90 Å². The number of alkyl halides is 6. The Balaban J connectivity index is 1.38. The maximum absolute atomic E-state index is 13.6. The number of ether oxygens (including phenoxy) is 1. The number of aromatic hydroxyl groups is 1. The molecule has 2 aromatic carbocycles. The molecule has 2 heterocycles. The van der Waals surface area contributed by atoms with Crippen LogP contribution in [0, 0.1) is 17.8 Å². The standard InChI is InChI=1S/C30H26ClF6NO4/c1-14(7-16-4-5-20(39)12-23(16)31)3-6-24-25-15(2)8-21-26(22(25)13-42-24)28(41)38(27(21)40)19-10-17(29(32,33)34)9-18(11-19)30(35,36)37/h4-5,7,9-12,21-22,24,26,39H,3,6,8,13H2,1-2H3/b14-7+/t21-,22+,24-,26-/m1/s1. The van der Waals surface area contributed by atoms with Crippen molar-refractivity contribution in [1.82, 2.24) is 0 Å². The maximum Gasteiger partial charge on any atom is 0.416 e. The average Bonchev–Trinajstić information content (AvgIpc) is 3.42. The number of nitrogens with zero attached hydrogens (tertiary/aromatic N) is 1. The van der Waals surface area contributed by atoms with Crippen molar-refractivity contribution < 1.29 is 45.8 Å². The zero-order valence-electron chi connectivity index (χ0n) is 22.4. The van der Waals surface area contributed by atoms with Crippen LogP contribution in [0.25, 0.3) is 6.08 Å². The zero-order valence-corrected chi connectivity index (χ0v) is 23.2. The fourth-order valence-electron chi connectivity index (χ4n) is 6.28. The fraction of sp³-hybridized carbons (Fsp3) is 0.400. The van der Waals surface area contributed by atoms with Crippen molar-refractivity contribution in [3.63, 3.8) is 0 Å². The lowest BCUT2D eigenvalue weighted by Gasteiger charge is -2.30. The van der Waals surface area contributed by atoms with E-state index in [4.69, 9.17) is 16.3 Å². The van der Waals surface area contributed by atoms with Gasteiger partial charge >= 0.3 is 12.4 Å². The molecule has 0 radical (unpaired) electrons. The quantitative estimate of drug-likeness (QED) is 0.212. The Morgan fingerprint density at radius 2 is 1.67 bits per heavy atom. The summed E-state index contributed by atoms with van der Waals surface area (Å²) in [6.07, 6.45) is -7.42. The molecule has 2 fully saturated rings. The second-order valence-corrected chi connectivity index (χ2v) is 11.4. The van der Waals surface area contributed by atoms with Gasteiger partial charge in [0.1, 0.15) is 5.75 Å². The molecule has 12 heteroatoms. The summed E-state index contributed by atoms with van der Waals surface area (Å²) in [6, 6.07) is 5.43. The van der Waals surface area contributed by atoms with Gasteiger partial charge in [0.15, 0.2) is 0 Å². The second kappa shape index (κ2) is 10.8. The first-order valence-corrected chi connectivity index (χ1v) is 13.6. The van der Waals surface area contributed by atoms with Gasteiger partial charge in [0.2, 0.25) is 11.8 Å². The molecule has 2 aliphatic heterocycles. The van der Waals surface area contributed by atoms with E-state index in [-0.39, 0.29) is 30.9 Å². The Morgan fingerprint density at radius 1 is 1.02 bits per heavy atom. The number of rotatable bonds is 5. The summed E-state index contributed by atoms with van der Waals surface area (Å²) < 4.78 is 86.9. The highest BCUT2D eigenvalue weighted by Crippen LogP contribution is 2.51. The summed E-state index contributed by atoms with van der Waals surface area (Å²) in [7, 11) is 0. The van der Waals surface area contributed by atoms with Crippen molar-refractivity contribution in [2.45, 2.75) is 51.6 Å². The first-order chi connectivity index (χ1) is 19.6. The van der Waals surface area contributed by atoms with Crippen molar-refractivity contribution in [2.24, 2.45) is 17.8 Å². The van der Waals surface area contributed by atoms with E-state index >= 15 is 0 Å². The van der Waals surface area contributed by atoms with Crippen LogP contribution in [0.3, 0.4) is 0 Å². The Bertz CT molecular complexity index is 1480. The lowest BCUT2D eigenvalue weighted by molar-refractivity contribution is -0.143. The van der Waals surface area contributed by atoms with Crippen LogP contribution in [-0.4, -0.2) is 29.6 Å². The van der Waals surface area contributed by atoms with E-state index in [0.29, 0.717) is 34.9 Å². The molecule has 0 unspecified atom stereocenters. The molecule has 3 aliphatic rings. The van der Waals surface area contributed by atoms with Crippen molar-refractivity contribution in [2.75, 3.05) is 11.5 Å². The number of carbonyl (C=O) groups is 2. The molecule has 5 rings (SSSR count). The van der Waals surface area contributed by atoms with E-state index in [1.807, 2.05) is 19.9 Å². The topological polar surface area (TPSA) is 66.8 Å². The number of phenolic OH excluding ortho intramolecular Hbond substituents is 1. The Hall–Kier alpha value is -3.31. The van der Waals surface area contributed by atoms with Crippen molar-refractivity contribution >= 4 is 35.2 Å². The zero-order chi connectivity index (χ0) is 30.7. The van der Waals surface area contributed by atoms with Gasteiger partial charge in [0.05, 0.1) is 46.4 Å². The highest BCUT2D eigenvalue weighted by atomic mass is 35.5. The minimum Gasteiger partial charge on any atom is -0.508 e. The predicted octanol–water partition coefficient (Wildman–Crippen LogP) is 7.81. The number of halogens is 7. The van der Waals surface area contributed by atoms with Gasteiger partial charge in [-0.3, -0.25) is 9.59 Å². The molecule has 5 nitrogen and oxygen atoms in total. The number of benzene rings is 2. The molecule has 224 valence electrons. The summed E-state index contributed by atoms with van der Waals surface area (Å²) in [6.45, 7) is 3.83. The lowest BCUT2D eigenvalue weighted by atomic mass is 9.70. The van der Waals surface area contributed by atoms with Gasteiger partial charge < -0.3 is 9.84 Å². The summed E-state index contributed by atoms with van der Waals surface area (Å²) in [5, 5.41) is 9.95. The van der Waals surface area contributed by atoms with Crippen molar-refractivity contribution in [1.29, 1.82) is 0 Å². The normalized spacial score (nSPS) is 24.9. The fourth-order valence-corrected chi connectivity index (χ4v) is 6.51. The molecule has 2 saturated heterocycles. The van der Waals surface area contributed by atoms with Crippen LogP contribution in [0.4, 0.5) is 32.0 Å². The average molecular weight is 614 g/mol. The number of carbonyl (C=O) groups excluding carboxylic acids is 2. The van der Waals surface area contributed by atoms with Crippen molar-refractivity contribution in [3.05, 3.63) is 74.8 Å². The summed E-state index contributed by atoms with van der Waals surface area (Å²) in [4.78, 5) is 27.4. The van der Waals surface area contributed by atoms with E-state index in [0.717, 1.165) is 22.3 Å². The molecule has 2 aromatic rings. The van der Waals surface area contributed by atoms with E-state index in [9.17, 15) is 41.0 Å². The lowest BCUT2D eigenvalue weighted by Crippen LogP contribution is -2.34. The molecule has 4 atom stereocenters. The minimum atomic E-state index is -5.12. The number of anilines is 1. The van der Waals surface area contributed by atoms with Gasteiger partial charge in [0, 0.05) is 5.92 Å². The predicted molar refractivity (Wildman–Crippen MR) is 142 cm³/mol. The molecule has 0 spiro atoms. The SMILES string of the molecule is CC1=C2[C@@H](CC/C(C)=C/c3ccc(O)cc3Cl)OC[C@@H]2[C@@H]2C(=O)N(c3cc(C(F)(F)F)cc(C(F)(F)F)c3)C(=O)[C@@H]2C1. The van der Waals surface area contributed by atoms with Gasteiger partial charge in [-0.1, -0.05) is 28.8 Å². The van der Waals surface area contributed by atoms with Crippen LogP contribution in [-0.2, 0) is 26.7 Å². The Morgan fingerprint density at radius 3 is 2.26 bits per heavy atom. The number of phenols is 1. The summed E-state index contributed by atoms with van der Waals surface area (Å²) in [5.74, 6) is -3.96. The third-order valence-electron chi connectivity index (χ3n) is 8.17. The van der Waals surface area contributed by atoms with Crippen LogP contribution in [0.5, 0.6) is 5.75 Å². The molecule has 0 saturated carbocycles. The van der Waals surface area contributed by atoms with Crippen LogP contribution in [0.2, 0.25) is 5.02 Å². The highest BCUT2D eigenvalue weighted by molar-refractivity contribution is 6.32. The Kier molecular flexibility index (Phi) is 7.72. The number of fused-ring (bicyclic) bond motifs is 3. The molecule has 42 heavy (non-hydrogen) atoms. The van der Waals surface area contributed by atoms with Crippen molar-refractivity contribution in [3.8, 4) is 5.75 Å². The first-order valence-electron chi connectivity index (χ1n) is 13.2. The van der Waals surface area contributed by atoms with Gasteiger partial charge in [0.25, 0.3) is 0 Å². The molecule has 1 N–H and O–H groups in total. The smallest absolute Gasteiger partial charge is 0.416 e. The molecule has 1 aliphatic carbocycles. The number of imide groups is 1. The second-order valence-electron chi connectivity index (χ2n) is 11.0. The molecule has 2 amide bonds. The van der Waals surface area contributed by atoms with Gasteiger partial charge in [-0.05, 0) is 80.6 Å². The maximum atomic E-state index is 13.6. The van der Waals surface area contributed by atoms with E-state index in [1.54, 1.807) is 6.07 Å². The number of amides is 2. The number of hydrogen-bond donors (Lipinski definition) is 1. The first kappa shape index (κ1) is 30.2. The third kappa shape index (κ3) is 5.56. The summed E-state index contributed by atoms with van der Waals surface area (Å²) >= 11 is 6.19. The van der Waals surface area contributed by atoms with Crippen LogP contribution >= 0.6 is 11.6 Å². The van der Waals surface area contributed by atoms with Crippen LogP contribution in [0.1, 0.15) is 49.8 Å². The Labute approximate surface area is 242 Å². The van der Waals surface area contributed by atoms with Crippen LogP contribution in [0.15, 0.2) is 53.1 Å². The van der Waals surface area contributed by atoms with E-state index in [2.05, 4.69) is 0 Å². The van der Waals surface area contributed by atoms with Gasteiger partial charge in [-0.25, -0.2) is 4.90 Å². The summed E-state index contributed by atoms with van der Waals surface area (Å²) in [5.41, 5.74) is -0.552. The highest BCUT2D eigenvalue weighted by Gasteiger charge is 2.57. The number of hydrogen-bond acceptors (Lipinski definition) is 4. The number of allylic oxidation sites excluding steroid dienone is 2. The van der Waals surface area contributed by atoms with E-state index < -0.39 is 58.7 Å². The monoisotopic (exact) mass is 613 g/mol. The third-order valence-corrected chi connectivity index (χ3v) is 8.50. The van der Waals surface area contributed by atoms with Gasteiger partial charge in [-0.15, -0.1) is 0 Å². The van der Waals surface area contributed by atoms with E-state index in [1.165, 1.54) is 12.1 Å². The molecule has 0 bridgehead atoms. The molecular formula is C30H26ClF6NO4. The minimum absolute atomic E-state index is 0.0349. The molecule has 0 aromatic heterocycles. The molecular weight excluding hydrogens is 588 g/mol.